The molecule has 2 N–H and O–H groups in total. The molecule has 5 nitrogen and oxygen atoms in total. The fraction of sp³-hybridized carbons (Fsp3) is 0.562. The van der Waals surface area contributed by atoms with Crippen molar-refractivity contribution in [2.45, 2.75) is 32.1 Å². The van der Waals surface area contributed by atoms with Crippen molar-refractivity contribution in [3.63, 3.8) is 0 Å². The number of nitrogens with two attached hydrogens (primary N) is 1. The Labute approximate surface area is 126 Å². The standard InChI is InChI=1S/C16H24N2O3/c1-16(2)11-18(9-14(21-16)10-20-3)8-12-5-4-6-13(7-12)15(17)19/h4-7,14H,8-11H2,1-3H3,(H2,17,19)/t14-/m0/s1. The van der Waals surface area contributed by atoms with Crippen molar-refractivity contribution in [3.8, 4) is 0 Å². The van der Waals surface area contributed by atoms with Crippen molar-refractivity contribution >= 4 is 5.91 Å². The number of amides is 1. The van der Waals surface area contributed by atoms with Crippen LogP contribution in [0.1, 0.15) is 29.8 Å². The van der Waals surface area contributed by atoms with Crippen molar-refractivity contribution < 1.29 is 14.3 Å². The van der Waals surface area contributed by atoms with E-state index in [9.17, 15) is 4.79 Å². The third-order valence-electron chi connectivity index (χ3n) is 3.52. The molecule has 0 bridgehead atoms. The Bertz CT molecular complexity index is 502. The summed E-state index contributed by atoms with van der Waals surface area (Å²) in [5.41, 5.74) is 6.76. The Morgan fingerprint density at radius 2 is 2.29 bits per heavy atom. The van der Waals surface area contributed by atoms with Crippen LogP contribution in [0.2, 0.25) is 0 Å². The highest BCUT2D eigenvalue weighted by molar-refractivity contribution is 5.92. The van der Waals surface area contributed by atoms with Gasteiger partial charge in [0.2, 0.25) is 5.91 Å². The molecule has 0 aliphatic carbocycles. The van der Waals surface area contributed by atoms with Gasteiger partial charge in [0.05, 0.1) is 18.3 Å². The number of nitrogens with zero attached hydrogens (tertiary/aromatic N) is 1. The minimum absolute atomic E-state index is 0.0677. The van der Waals surface area contributed by atoms with Crippen LogP contribution in [0.25, 0.3) is 0 Å². The lowest BCUT2D eigenvalue weighted by Crippen LogP contribution is -2.53. The van der Waals surface area contributed by atoms with Gasteiger partial charge in [-0.1, -0.05) is 12.1 Å². The minimum Gasteiger partial charge on any atom is -0.382 e. The molecule has 1 aromatic rings. The van der Waals surface area contributed by atoms with Crippen LogP contribution in [0.3, 0.4) is 0 Å². The molecule has 0 saturated carbocycles. The predicted octanol–water partition coefficient (Wildman–Crippen LogP) is 1.41. The summed E-state index contributed by atoms with van der Waals surface area (Å²) < 4.78 is 11.2. The number of carbonyl (C=O) groups is 1. The molecule has 1 fully saturated rings. The van der Waals surface area contributed by atoms with Gasteiger partial charge in [0.25, 0.3) is 0 Å². The maximum atomic E-state index is 11.3. The number of methoxy groups -OCH3 is 1. The van der Waals surface area contributed by atoms with Crippen molar-refractivity contribution in [2.75, 3.05) is 26.8 Å². The monoisotopic (exact) mass is 292 g/mol. The molecule has 0 aromatic heterocycles. The number of ether oxygens (including phenoxy) is 2. The lowest BCUT2D eigenvalue weighted by molar-refractivity contribution is -0.154. The molecule has 1 amide bonds. The molecule has 116 valence electrons. The van der Waals surface area contributed by atoms with Crippen LogP contribution in [0.4, 0.5) is 0 Å². The molecule has 0 unspecified atom stereocenters. The van der Waals surface area contributed by atoms with Crippen LogP contribution >= 0.6 is 0 Å². The van der Waals surface area contributed by atoms with Gasteiger partial charge in [0.1, 0.15) is 0 Å². The van der Waals surface area contributed by atoms with Crippen molar-refractivity contribution in [3.05, 3.63) is 35.4 Å². The zero-order valence-electron chi connectivity index (χ0n) is 13.0. The van der Waals surface area contributed by atoms with Crippen LogP contribution in [0.5, 0.6) is 0 Å². The molecule has 1 aromatic carbocycles. The topological polar surface area (TPSA) is 64.8 Å². The SMILES string of the molecule is COC[C@@H]1CN(Cc2cccc(C(N)=O)c2)CC(C)(C)O1. The maximum Gasteiger partial charge on any atom is 0.248 e. The Hall–Kier alpha value is -1.43. The number of primary amides is 1. The lowest BCUT2D eigenvalue weighted by Gasteiger charge is -2.42. The largest absolute Gasteiger partial charge is 0.382 e. The summed E-state index contributed by atoms with van der Waals surface area (Å²) >= 11 is 0. The Balaban J connectivity index is 2.07. The number of benzene rings is 1. The summed E-state index contributed by atoms with van der Waals surface area (Å²) in [5, 5.41) is 0. The normalized spacial score (nSPS) is 22.1. The van der Waals surface area contributed by atoms with Gasteiger partial charge < -0.3 is 15.2 Å². The number of morpholine rings is 1. The Morgan fingerprint density at radius 1 is 1.52 bits per heavy atom. The van der Waals surface area contributed by atoms with E-state index < -0.39 is 5.91 Å². The first kappa shape index (κ1) is 15.9. The Morgan fingerprint density at radius 3 is 2.95 bits per heavy atom. The van der Waals surface area contributed by atoms with E-state index in [2.05, 4.69) is 18.7 Å². The summed E-state index contributed by atoms with van der Waals surface area (Å²) in [6.45, 7) is 7.19. The molecular formula is C16H24N2O3. The summed E-state index contributed by atoms with van der Waals surface area (Å²) in [4.78, 5) is 13.6. The highest BCUT2D eigenvalue weighted by Crippen LogP contribution is 2.23. The van der Waals surface area contributed by atoms with Gasteiger partial charge in [0.15, 0.2) is 0 Å². The van der Waals surface area contributed by atoms with E-state index in [0.717, 1.165) is 25.2 Å². The van der Waals surface area contributed by atoms with E-state index in [1.807, 2.05) is 18.2 Å². The molecule has 5 heteroatoms. The van der Waals surface area contributed by atoms with E-state index >= 15 is 0 Å². The first-order valence-corrected chi connectivity index (χ1v) is 7.17. The minimum atomic E-state index is -0.392. The van der Waals surface area contributed by atoms with Gasteiger partial charge in [-0.05, 0) is 31.5 Å². The van der Waals surface area contributed by atoms with Crippen LogP contribution in [-0.2, 0) is 16.0 Å². The molecule has 1 heterocycles. The van der Waals surface area contributed by atoms with Crippen molar-refractivity contribution in [1.29, 1.82) is 0 Å². The van der Waals surface area contributed by atoms with Crippen LogP contribution in [-0.4, -0.2) is 49.3 Å². The van der Waals surface area contributed by atoms with Crippen molar-refractivity contribution in [1.82, 2.24) is 4.90 Å². The molecule has 21 heavy (non-hydrogen) atoms. The summed E-state index contributed by atoms with van der Waals surface area (Å²) in [7, 11) is 1.69. The lowest BCUT2D eigenvalue weighted by atomic mass is 10.0. The number of carbonyl (C=O) groups excluding carboxylic acids is 1. The Kier molecular flexibility index (Phi) is 4.98. The first-order valence-electron chi connectivity index (χ1n) is 7.17. The fourth-order valence-electron chi connectivity index (χ4n) is 2.89. The van der Waals surface area contributed by atoms with Gasteiger partial charge in [0, 0.05) is 32.3 Å². The fourth-order valence-corrected chi connectivity index (χ4v) is 2.89. The van der Waals surface area contributed by atoms with E-state index in [0.29, 0.717) is 12.2 Å². The molecule has 0 radical (unpaired) electrons. The van der Waals surface area contributed by atoms with Gasteiger partial charge in [-0.2, -0.15) is 0 Å². The number of hydrogen-bond acceptors (Lipinski definition) is 4. The molecule has 0 spiro atoms. The van der Waals surface area contributed by atoms with E-state index in [1.54, 1.807) is 13.2 Å². The van der Waals surface area contributed by atoms with Gasteiger partial charge in [-0.15, -0.1) is 0 Å². The smallest absolute Gasteiger partial charge is 0.248 e. The average molecular weight is 292 g/mol. The van der Waals surface area contributed by atoms with E-state index in [-0.39, 0.29) is 11.7 Å². The average Bonchev–Trinajstić information content (AvgIpc) is 2.37. The predicted molar refractivity (Wildman–Crippen MR) is 81.1 cm³/mol. The highest BCUT2D eigenvalue weighted by Gasteiger charge is 2.33. The summed E-state index contributed by atoms with van der Waals surface area (Å²) in [6.07, 6.45) is 0.0677. The maximum absolute atomic E-state index is 11.3. The van der Waals surface area contributed by atoms with E-state index in [4.69, 9.17) is 15.2 Å². The zero-order valence-corrected chi connectivity index (χ0v) is 13.0. The van der Waals surface area contributed by atoms with Gasteiger partial charge in [-0.25, -0.2) is 0 Å². The molecule has 1 aliphatic heterocycles. The first-order chi connectivity index (χ1) is 9.89. The number of hydrogen-bond donors (Lipinski definition) is 1. The molecule has 1 aliphatic rings. The third kappa shape index (κ3) is 4.52. The van der Waals surface area contributed by atoms with Crippen molar-refractivity contribution in [2.24, 2.45) is 5.73 Å². The summed E-state index contributed by atoms with van der Waals surface area (Å²) in [5.74, 6) is -0.392. The molecular weight excluding hydrogens is 268 g/mol. The zero-order chi connectivity index (χ0) is 15.5. The van der Waals surface area contributed by atoms with Crippen LogP contribution < -0.4 is 5.73 Å². The van der Waals surface area contributed by atoms with E-state index in [1.165, 1.54) is 0 Å². The molecule has 1 saturated heterocycles. The second-order valence-corrected chi connectivity index (χ2v) is 6.19. The third-order valence-corrected chi connectivity index (χ3v) is 3.52. The summed E-state index contributed by atoms with van der Waals surface area (Å²) in [6, 6.07) is 7.48. The second kappa shape index (κ2) is 6.56. The molecule has 1 atom stereocenters. The molecule has 2 rings (SSSR count). The highest BCUT2D eigenvalue weighted by atomic mass is 16.5. The van der Waals surface area contributed by atoms with Gasteiger partial charge in [-0.3, -0.25) is 9.69 Å². The van der Waals surface area contributed by atoms with Crippen LogP contribution in [0, 0.1) is 0 Å². The quantitative estimate of drug-likeness (QED) is 0.891. The second-order valence-electron chi connectivity index (χ2n) is 6.19. The number of rotatable bonds is 5. The van der Waals surface area contributed by atoms with Crippen LogP contribution in [0.15, 0.2) is 24.3 Å². The van der Waals surface area contributed by atoms with Gasteiger partial charge >= 0.3 is 0 Å².